The van der Waals surface area contributed by atoms with Gasteiger partial charge in [0.1, 0.15) is 0 Å². The van der Waals surface area contributed by atoms with Crippen molar-refractivity contribution < 1.29 is 18.3 Å². The van der Waals surface area contributed by atoms with Crippen molar-refractivity contribution in [2.75, 3.05) is 18.1 Å². The molecule has 2 fully saturated rings. The van der Waals surface area contributed by atoms with Gasteiger partial charge >= 0.3 is 6.03 Å². The number of piperidine rings is 1. The number of hydrogen-bond acceptors (Lipinski definition) is 5. The molecule has 2 saturated heterocycles. The van der Waals surface area contributed by atoms with Gasteiger partial charge in [-0.05, 0) is 80.8 Å². The fraction of sp³-hybridized carbons (Fsp3) is 0.500. The summed E-state index contributed by atoms with van der Waals surface area (Å²) in [7, 11) is -3.37. The molecular formula is C26H34ClN3O4S. The first-order valence-corrected chi connectivity index (χ1v) is 14.4. The quantitative estimate of drug-likeness (QED) is 0.487. The first kappa shape index (κ1) is 25.9. The maximum absolute atomic E-state index is 12.7. The lowest BCUT2D eigenvalue weighted by atomic mass is 9.85. The molecule has 0 radical (unpaired) electrons. The van der Waals surface area contributed by atoms with E-state index in [0.29, 0.717) is 30.2 Å². The van der Waals surface area contributed by atoms with Crippen LogP contribution in [0.5, 0.6) is 0 Å². The van der Waals surface area contributed by atoms with Crippen molar-refractivity contribution >= 4 is 33.2 Å². The summed E-state index contributed by atoms with van der Waals surface area (Å²) in [6, 6.07) is 14.2. The van der Waals surface area contributed by atoms with Crippen LogP contribution in [-0.2, 0) is 16.3 Å². The van der Waals surface area contributed by atoms with Gasteiger partial charge in [-0.15, -0.1) is 0 Å². The average molecular weight is 520 g/mol. The number of amides is 2. The van der Waals surface area contributed by atoms with E-state index in [1.165, 1.54) is 17.7 Å². The van der Waals surface area contributed by atoms with Gasteiger partial charge < -0.3 is 15.7 Å². The fourth-order valence-corrected chi connectivity index (χ4v) is 6.28. The van der Waals surface area contributed by atoms with Gasteiger partial charge in [0.2, 0.25) is 0 Å². The zero-order valence-electron chi connectivity index (χ0n) is 20.2. The number of halogens is 1. The van der Waals surface area contributed by atoms with E-state index in [1.54, 1.807) is 19.1 Å². The minimum atomic E-state index is -3.37. The molecule has 7 nitrogen and oxygen atoms in total. The second-order valence-corrected chi connectivity index (χ2v) is 12.4. The number of sulfone groups is 1. The lowest BCUT2D eigenvalue weighted by molar-refractivity contribution is 0.0620. The highest BCUT2D eigenvalue weighted by molar-refractivity contribution is 7.90. The molecule has 9 heteroatoms. The molecule has 2 bridgehead atoms. The maximum Gasteiger partial charge on any atom is 0.319 e. The second-order valence-electron chi connectivity index (χ2n) is 10.00. The Balaban J connectivity index is 1.35. The van der Waals surface area contributed by atoms with Crippen LogP contribution in [0.25, 0.3) is 0 Å². The van der Waals surface area contributed by atoms with Crippen molar-refractivity contribution in [1.29, 1.82) is 0 Å². The van der Waals surface area contributed by atoms with Crippen LogP contribution >= 0.6 is 11.6 Å². The number of aliphatic hydroxyl groups excluding tert-OH is 1. The van der Waals surface area contributed by atoms with Gasteiger partial charge in [-0.1, -0.05) is 29.8 Å². The topological polar surface area (TPSA) is 98.7 Å². The number of nitrogens with zero attached hydrogens (tertiary/aromatic N) is 1. The number of benzene rings is 2. The van der Waals surface area contributed by atoms with Crippen LogP contribution in [0.2, 0.25) is 5.02 Å². The Morgan fingerprint density at radius 1 is 1.14 bits per heavy atom. The van der Waals surface area contributed by atoms with E-state index in [1.807, 2.05) is 12.1 Å². The van der Waals surface area contributed by atoms with Gasteiger partial charge in [0.25, 0.3) is 0 Å². The number of nitrogens with one attached hydrogen (secondary N) is 2. The van der Waals surface area contributed by atoms with Crippen molar-refractivity contribution in [3.8, 4) is 0 Å². The first-order valence-electron chi connectivity index (χ1n) is 12.1. The van der Waals surface area contributed by atoms with Crippen LogP contribution in [0, 0.1) is 5.92 Å². The van der Waals surface area contributed by atoms with Crippen LogP contribution in [0.4, 0.5) is 10.5 Å². The second kappa shape index (κ2) is 10.9. The molecule has 0 aromatic heterocycles. The molecule has 190 valence electrons. The number of fused-ring (bicyclic) bond motifs is 2. The zero-order chi connectivity index (χ0) is 25.2. The number of carbonyl (C=O) groups excluding carboxylic acids is 1. The Kier molecular flexibility index (Phi) is 8.06. The average Bonchev–Trinajstić information content (AvgIpc) is 3.02. The molecule has 2 aromatic carbocycles. The van der Waals surface area contributed by atoms with Gasteiger partial charge in [-0.3, -0.25) is 4.90 Å². The largest absolute Gasteiger partial charge is 0.391 e. The molecule has 0 spiro atoms. The highest BCUT2D eigenvalue weighted by Crippen LogP contribution is 2.40. The van der Waals surface area contributed by atoms with Crippen LogP contribution in [-0.4, -0.2) is 61.5 Å². The molecular weight excluding hydrogens is 486 g/mol. The summed E-state index contributed by atoms with van der Waals surface area (Å²) in [5.74, 6) is 0.619. The van der Waals surface area contributed by atoms with Gasteiger partial charge in [0.15, 0.2) is 9.84 Å². The minimum absolute atomic E-state index is 0.139. The summed E-state index contributed by atoms with van der Waals surface area (Å²) < 4.78 is 23.6. The van der Waals surface area contributed by atoms with Crippen LogP contribution in [0.1, 0.15) is 38.2 Å². The molecule has 4 atom stereocenters. The number of aliphatic hydroxyl groups is 1. The van der Waals surface area contributed by atoms with E-state index in [9.17, 15) is 18.3 Å². The molecule has 2 heterocycles. The summed E-state index contributed by atoms with van der Waals surface area (Å²) in [5, 5.41) is 16.8. The van der Waals surface area contributed by atoms with E-state index in [-0.39, 0.29) is 4.90 Å². The highest BCUT2D eigenvalue weighted by atomic mass is 35.5. The SMILES string of the molecule is CC(O)C(CN1C2CCC1CC(Cc1ccc(Cl)cc1)C2)NC(=O)Nc1cccc(S(C)(=O)=O)c1. The van der Waals surface area contributed by atoms with E-state index in [0.717, 1.165) is 43.4 Å². The lowest BCUT2D eigenvalue weighted by Crippen LogP contribution is -2.54. The maximum atomic E-state index is 12.7. The number of rotatable bonds is 8. The minimum Gasteiger partial charge on any atom is -0.391 e. The Hall–Kier alpha value is -2.13. The monoisotopic (exact) mass is 519 g/mol. The fourth-order valence-electron chi connectivity index (χ4n) is 5.49. The third-order valence-electron chi connectivity index (χ3n) is 7.25. The van der Waals surface area contributed by atoms with Crippen molar-refractivity contribution in [2.45, 2.75) is 68.2 Å². The molecule has 2 aliphatic heterocycles. The van der Waals surface area contributed by atoms with E-state index >= 15 is 0 Å². The molecule has 2 amide bonds. The standard InChI is InChI=1S/C26H34ClN3O4S/c1-17(31)25(29-26(32)28-21-4-3-5-24(15-21)35(2,33)34)16-30-22-10-11-23(30)14-19(13-22)12-18-6-8-20(27)9-7-18/h3-9,15,17,19,22-23,25,31H,10-14,16H2,1-2H3,(H2,28,29,32). The smallest absolute Gasteiger partial charge is 0.319 e. The number of anilines is 1. The first-order chi connectivity index (χ1) is 16.6. The molecule has 0 aliphatic carbocycles. The molecule has 3 N–H and O–H groups in total. The van der Waals surface area contributed by atoms with Crippen LogP contribution < -0.4 is 10.6 Å². The van der Waals surface area contributed by atoms with Crippen LogP contribution in [0.3, 0.4) is 0 Å². The Morgan fingerprint density at radius 2 is 1.80 bits per heavy atom. The van der Waals surface area contributed by atoms with Crippen molar-refractivity contribution in [2.24, 2.45) is 5.92 Å². The normalized spacial score (nSPS) is 24.1. The third kappa shape index (κ3) is 6.76. The summed E-state index contributed by atoms with van der Waals surface area (Å²) in [5.41, 5.74) is 1.70. The van der Waals surface area contributed by atoms with Gasteiger partial charge in [0.05, 0.1) is 17.0 Å². The predicted octanol–water partition coefficient (Wildman–Crippen LogP) is 4.10. The molecule has 2 aliphatic rings. The molecule has 2 aromatic rings. The predicted molar refractivity (Wildman–Crippen MR) is 139 cm³/mol. The molecule has 35 heavy (non-hydrogen) atoms. The van der Waals surface area contributed by atoms with E-state index in [2.05, 4.69) is 27.7 Å². The number of carbonyl (C=O) groups is 1. The number of hydrogen-bond donors (Lipinski definition) is 3. The molecule has 4 rings (SSSR count). The number of urea groups is 1. The summed E-state index contributed by atoms with van der Waals surface area (Å²) in [6.07, 6.45) is 5.94. The van der Waals surface area contributed by atoms with Crippen molar-refractivity contribution in [1.82, 2.24) is 10.2 Å². The van der Waals surface area contributed by atoms with Crippen LogP contribution in [0.15, 0.2) is 53.4 Å². The van der Waals surface area contributed by atoms with Crippen molar-refractivity contribution in [3.05, 3.63) is 59.1 Å². The Bertz CT molecular complexity index is 1130. The molecule has 4 unspecified atom stereocenters. The lowest BCUT2D eigenvalue weighted by Gasteiger charge is -2.41. The Morgan fingerprint density at radius 3 is 2.40 bits per heavy atom. The third-order valence-corrected chi connectivity index (χ3v) is 8.61. The van der Waals surface area contributed by atoms with Crippen molar-refractivity contribution in [3.63, 3.8) is 0 Å². The summed E-state index contributed by atoms with van der Waals surface area (Å²) in [4.78, 5) is 15.3. The molecule has 0 saturated carbocycles. The van der Waals surface area contributed by atoms with E-state index < -0.39 is 28.0 Å². The highest BCUT2D eigenvalue weighted by Gasteiger charge is 2.41. The summed E-state index contributed by atoms with van der Waals surface area (Å²) in [6.45, 7) is 2.27. The zero-order valence-corrected chi connectivity index (χ0v) is 21.7. The van der Waals surface area contributed by atoms with Gasteiger partial charge in [-0.25, -0.2) is 13.2 Å². The van der Waals surface area contributed by atoms with Gasteiger partial charge in [-0.2, -0.15) is 0 Å². The summed E-state index contributed by atoms with van der Waals surface area (Å²) >= 11 is 6.02. The Labute approximate surface area is 212 Å². The van der Waals surface area contributed by atoms with Gasteiger partial charge in [0, 0.05) is 35.6 Å². The van der Waals surface area contributed by atoms with E-state index in [4.69, 9.17) is 11.6 Å².